The third-order valence-corrected chi connectivity index (χ3v) is 6.26. The Bertz CT molecular complexity index is 474. The number of rotatable bonds is 5. The van der Waals surface area contributed by atoms with Crippen LogP contribution in [0.2, 0.25) is 0 Å². The van der Waals surface area contributed by atoms with Crippen molar-refractivity contribution >= 4 is 0 Å². The Hall–Kier alpha value is -0.860. The molecule has 2 aliphatic carbocycles. The summed E-state index contributed by atoms with van der Waals surface area (Å²) in [4.78, 5) is 2.60. The van der Waals surface area contributed by atoms with Crippen molar-refractivity contribution in [1.82, 2.24) is 4.90 Å². The van der Waals surface area contributed by atoms with E-state index in [-0.39, 0.29) is 5.54 Å². The van der Waals surface area contributed by atoms with Crippen LogP contribution < -0.4 is 5.73 Å². The lowest BCUT2D eigenvalue weighted by atomic mass is 9.73. The van der Waals surface area contributed by atoms with Gasteiger partial charge in [-0.2, -0.15) is 0 Å². The van der Waals surface area contributed by atoms with Gasteiger partial charge in [-0.1, -0.05) is 37.6 Å². The Morgan fingerprint density at radius 3 is 2.57 bits per heavy atom. The highest BCUT2D eigenvalue weighted by molar-refractivity contribution is 5.40. The fourth-order valence-corrected chi connectivity index (χ4v) is 4.41. The quantitative estimate of drug-likeness (QED) is 0.897. The summed E-state index contributed by atoms with van der Waals surface area (Å²) in [6.07, 6.45) is 7.87. The number of nitrogens with two attached hydrogens (primary N) is 1. The van der Waals surface area contributed by atoms with Gasteiger partial charge < -0.3 is 5.73 Å². The van der Waals surface area contributed by atoms with E-state index in [1.54, 1.807) is 11.1 Å². The maximum Gasteiger partial charge on any atom is 0.0329 e. The molecule has 1 aromatic rings. The molecule has 0 amide bonds. The molecular formula is C19H30N2. The molecule has 0 saturated heterocycles. The molecular weight excluding hydrogens is 256 g/mol. The van der Waals surface area contributed by atoms with Crippen molar-refractivity contribution in [2.75, 3.05) is 20.1 Å². The first kappa shape index (κ1) is 15.1. The Morgan fingerprint density at radius 2 is 1.95 bits per heavy atom. The standard InChI is InChI=1S/C19H30N2/c1-3-15-8-10-19(14-20,11-9-15)21(2)13-17-12-16-6-4-5-7-18(16)17/h4-7,15,17H,3,8-14,20H2,1-2H3. The summed E-state index contributed by atoms with van der Waals surface area (Å²) in [5.74, 6) is 1.65. The highest BCUT2D eigenvalue weighted by atomic mass is 15.2. The molecule has 2 heteroatoms. The Kier molecular flexibility index (Phi) is 4.37. The van der Waals surface area contributed by atoms with Gasteiger partial charge in [-0.3, -0.25) is 4.90 Å². The second kappa shape index (κ2) is 6.10. The van der Waals surface area contributed by atoms with Crippen molar-refractivity contribution in [3.8, 4) is 0 Å². The molecule has 1 aromatic carbocycles. The highest BCUT2D eigenvalue weighted by Crippen LogP contribution is 2.40. The Balaban J connectivity index is 1.63. The maximum atomic E-state index is 6.21. The van der Waals surface area contributed by atoms with E-state index in [2.05, 4.69) is 43.1 Å². The lowest BCUT2D eigenvalue weighted by Gasteiger charge is -2.48. The average Bonchev–Trinajstić information content (AvgIpc) is 2.52. The van der Waals surface area contributed by atoms with Crippen LogP contribution in [-0.2, 0) is 6.42 Å². The minimum absolute atomic E-state index is 0.260. The van der Waals surface area contributed by atoms with Crippen LogP contribution in [0.3, 0.4) is 0 Å². The van der Waals surface area contributed by atoms with E-state index in [4.69, 9.17) is 5.73 Å². The summed E-state index contributed by atoms with van der Waals surface area (Å²) in [7, 11) is 2.31. The van der Waals surface area contributed by atoms with Crippen molar-refractivity contribution < 1.29 is 0 Å². The van der Waals surface area contributed by atoms with Gasteiger partial charge in [0.25, 0.3) is 0 Å². The van der Waals surface area contributed by atoms with Crippen LogP contribution in [0.15, 0.2) is 24.3 Å². The van der Waals surface area contributed by atoms with Gasteiger partial charge in [0.2, 0.25) is 0 Å². The van der Waals surface area contributed by atoms with Crippen LogP contribution in [-0.4, -0.2) is 30.6 Å². The molecule has 2 aliphatic rings. The first-order valence-corrected chi connectivity index (χ1v) is 8.67. The molecule has 2 N–H and O–H groups in total. The molecule has 0 heterocycles. The van der Waals surface area contributed by atoms with E-state index in [9.17, 15) is 0 Å². The van der Waals surface area contributed by atoms with E-state index >= 15 is 0 Å². The third-order valence-electron chi connectivity index (χ3n) is 6.26. The number of fused-ring (bicyclic) bond motifs is 1. The van der Waals surface area contributed by atoms with Crippen LogP contribution in [0.25, 0.3) is 0 Å². The summed E-state index contributed by atoms with van der Waals surface area (Å²) < 4.78 is 0. The van der Waals surface area contributed by atoms with Crippen LogP contribution >= 0.6 is 0 Å². The molecule has 0 bridgehead atoms. The van der Waals surface area contributed by atoms with E-state index in [1.165, 1.54) is 45.1 Å². The SMILES string of the molecule is CCC1CCC(CN)(N(C)CC2Cc3ccccc32)CC1. The van der Waals surface area contributed by atoms with Crippen LogP contribution in [0, 0.1) is 5.92 Å². The van der Waals surface area contributed by atoms with Crippen LogP contribution in [0.5, 0.6) is 0 Å². The second-order valence-corrected chi connectivity index (χ2v) is 7.26. The molecule has 3 rings (SSSR count). The topological polar surface area (TPSA) is 29.3 Å². The van der Waals surface area contributed by atoms with Gasteiger partial charge in [-0.05, 0) is 56.2 Å². The molecule has 1 unspecified atom stereocenters. The molecule has 1 saturated carbocycles. The summed E-state index contributed by atoms with van der Waals surface area (Å²) in [5, 5.41) is 0. The maximum absolute atomic E-state index is 6.21. The largest absolute Gasteiger partial charge is 0.329 e. The third kappa shape index (κ3) is 2.76. The normalized spacial score (nSPS) is 31.8. The molecule has 0 radical (unpaired) electrons. The molecule has 0 aromatic heterocycles. The molecule has 1 fully saturated rings. The monoisotopic (exact) mass is 286 g/mol. The van der Waals surface area contributed by atoms with Crippen molar-refractivity contribution in [3.05, 3.63) is 35.4 Å². The number of likely N-dealkylation sites (N-methyl/N-ethyl adjacent to an activating group) is 1. The van der Waals surface area contributed by atoms with Gasteiger partial charge in [0.05, 0.1) is 0 Å². The number of hydrogen-bond acceptors (Lipinski definition) is 2. The summed E-state index contributed by atoms with van der Waals surface area (Å²) in [6, 6.07) is 8.92. The van der Waals surface area contributed by atoms with E-state index in [1.807, 2.05) is 0 Å². The fourth-order valence-electron chi connectivity index (χ4n) is 4.41. The molecule has 21 heavy (non-hydrogen) atoms. The van der Waals surface area contributed by atoms with Crippen LogP contribution in [0.4, 0.5) is 0 Å². The smallest absolute Gasteiger partial charge is 0.0329 e. The number of hydrogen-bond donors (Lipinski definition) is 1. The van der Waals surface area contributed by atoms with Gasteiger partial charge in [-0.15, -0.1) is 0 Å². The molecule has 1 atom stereocenters. The predicted molar refractivity (Wildman–Crippen MR) is 89.6 cm³/mol. The second-order valence-electron chi connectivity index (χ2n) is 7.26. The van der Waals surface area contributed by atoms with Gasteiger partial charge in [0, 0.05) is 24.5 Å². The Morgan fingerprint density at radius 1 is 1.24 bits per heavy atom. The minimum atomic E-state index is 0.260. The summed E-state index contributed by atoms with van der Waals surface area (Å²) in [5.41, 5.74) is 9.59. The number of benzene rings is 1. The molecule has 0 spiro atoms. The number of nitrogens with zero attached hydrogens (tertiary/aromatic N) is 1. The van der Waals surface area contributed by atoms with Crippen molar-refractivity contribution in [2.45, 2.75) is 56.9 Å². The van der Waals surface area contributed by atoms with Crippen LogP contribution in [0.1, 0.15) is 56.1 Å². The zero-order valence-electron chi connectivity index (χ0n) is 13.6. The predicted octanol–water partition coefficient (Wildman–Crippen LogP) is 3.56. The van der Waals surface area contributed by atoms with Crippen molar-refractivity contribution in [3.63, 3.8) is 0 Å². The Labute approximate surface area is 129 Å². The molecule has 2 nitrogen and oxygen atoms in total. The first-order chi connectivity index (χ1) is 10.2. The molecule has 0 aliphatic heterocycles. The van der Waals surface area contributed by atoms with Gasteiger partial charge >= 0.3 is 0 Å². The van der Waals surface area contributed by atoms with E-state index < -0.39 is 0 Å². The zero-order valence-corrected chi connectivity index (χ0v) is 13.6. The van der Waals surface area contributed by atoms with Crippen molar-refractivity contribution in [2.24, 2.45) is 11.7 Å². The lowest BCUT2D eigenvalue weighted by Crippen LogP contribution is -2.55. The summed E-state index contributed by atoms with van der Waals surface area (Å²) >= 11 is 0. The van der Waals surface area contributed by atoms with E-state index in [0.29, 0.717) is 0 Å². The average molecular weight is 286 g/mol. The van der Waals surface area contributed by atoms with Gasteiger partial charge in [0.15, 0.2) is 0 Å². The lowest BCUT2D eigenvalue weighted by molar-refractivity contribution is 0.0570. The fraction of sp³-hybridized carbons (Fsp3) is 0.684. The van der Waals surface area contributed by atoms with E-state index in [0.717, 1.165) is 18.4 Å². The zero-order chi connectivity index (χ0) is 14.9. The minimum Gasteiger partial charge on any atom is -0.329 e. The first-order valence-electron chi connectivity index (χ1n) is 8.67. The van der Waals surface area contributed by atoms with Crippen molar-refractivity contribution in [1.29, 1.82) is 0 Å². The van der Waals surface area contributed by atoms with Gasteiger partial charge in [-0.25, -0.2) is 0 Å². The summed E-state index contributed by atoms with van der Waals surface area (Å²) in [6.45, 7) is 4.31. The van der Waals surface area contributed by atoms with Gasteiger partial charge in [0.1, 0.15) is 0 Å². The highest BCUT2D eigenvalue weighted by Gasteiger charge is 2.39. The molecule has 116 valence electrons.